The van der Waals surface area contributed by atoms with Gasteiger partial charge in [-0.05, 0) is 12.8 Å². The molecule has 1 atom stereocenters. The molecule has 0 spiro atoms. The summed E-state index contributed by atoms with van der Waals surface area (Å²) in [6.07, 6.45) is 2.64. The Balaban J connectivity index is 2.68. The number of hydrogen-bond donors (Lipinski definition) is 1. The van der Waals surface area contributed by atoms with Crippen LogP contribution in [0.4, 0.5) is 0 Å². The van der Waals surface area contributed by atoms with Crippen molar-refractivity contribution < 1.29 is 5.11 Å². The number of rotatable bonds is 0. The third-order valence-corrected chi connectivity index (χ3v) is 1.65. The molecule has 1 aliphatic heterocycles. The Morgan fingerprint density at radius 2 is 2.60 bits per heavy atom. The monoisotopic (exact) mass is 138 g/mol. The Hall–Kier alpha value is -1.01. The molecule has 54 valence electrons. The fraction of sp³-hybridized carbons (Fsp3) is 0.571. The molecular weight excluding hydrogens is 128 g/mol. The lowest BCUT2D eigenvalue weighted by Gasteiger charge is -2.25. The maximum atomic E-state index is 9.16. The first-order chi connectivity index (χ1) is 4.74. The summed E-state index contributed by atoms with van der Waals surface area (Å²) in [6, 6.07) is 2.06. The molecule has 1 rings (SSSR count). The zero-order valence-electron chi connectivity index (χ0n) is 5.91. The first-order valence-corrected chi connectivity index (χ1v) is 3.25. The molecule has 0 bridgehead atoms. The molecule has 1 N–H and O–H groups in total. The van der Waals surface area contributed by atoms with Crippen molar-refractivity contribution in [3.8, 4) is 6.07 Å². The van der Waals surface area contributed by atoms with Crippen molar-refractivity contribution in [2.75, 3.05) is 7.05 Å². The van der Waals surface area contributed by atoms with E-state index in [9.17, 15) is 0 Å². The van der Waals surface area contributed by atoms with Crippen LogP contribution in [-0.4, -0.2) is 23.3 Å². The smallest absolute Gasteiger partial charge is 0.126 e. The van der Waals surface area contributed by atoms with Crippen LogP contribution < -0.4 is 0 Å². The van der Waals surface area contributed by atoms with Crippen LogP contribution in [0.5, 0.6) is 0 Å². The van der Waals surface area contributed by atoms with E-state index in [4.69, 9.17) is 10.4 Å². The van der Waals surface area contributed by atoms with Gasteiger partial charge in [0.05, 0.1) is 6.07 Å². The van der Waals surface area contributed by atoms with Gasteiger partial charge in [-0.25, -0.2) is 0 Å². The van der Waals surface area contributed by atoms with E-state index in [1.54, 1.807) is 18.1 Å². The van der Waals surface area contributed by atoms with E-state index in [-0.39, 0.29) is 0 Å². The minimum atomic E-state index is -0.405. The quantitative estimate of drug-likeness (QED) is 0.528. The van der Waals surface area contributed by atoms with Crippen molar-refractivity contribution in [2.45, 2.75) is 19.1 Å². The molecule has 3 nitrogen and oxygen atoms in total. The maximum Gasteiger partial charge on any atom is 0.126 e. The Morgan fingerprint density at radius 3 is 3.10 bits per heavy atom. The van der Waals surface area contributed by atoms with Gasteiger partial charge in [0, 0.05) is 18.8 Å². The minimum Gasteiger partial charge on any atom is -0.374 e. The number of nitrogens with zero attached hydrogens (tertiary/aromatic N) is 2. The number of hydrogen-bond acceptors (Lipinski definition) is 3. The van der Waals surface area contributed by atoms with Gasteiger partial charge in [-0.1, -0.05) is 0 Å². The van der Waals surface area contributed by atoms with Crippen molar-refractivity contribution in [2.24, 2.45) is 0 Å². The molecule has 0 saturated heterocycles. The summed E-state index contributed by atoms with van der Waals surface area (Å²) in [6.45, 7) is 0. The lowest BCUT2D eigenvalue weighted by molar-refractivity contribution is 0.0405. The summed E-state index contributed by atoms with van der Waals surface area (Å²) in [5.41, 5.74) is 0.743. The van der Waals surface area contributed by atoms with Crippen LogP contribution in [0.25, 0.3) is 0 Å². The SMILES string of the molecule is CN1C=C(C#N)CCC1O. The second-order valence-electron chi connectivity index (χ2n) is 2.45. The molecule has 0 aromatic heterocycles. The lowest BCUT2D eigenvalue weighted by atomic mass is 10.1. The standard InChI is InChI=1S/C7H10N2O/c1-9-5-6(4-8)2-3-7(9)10/h5,7,10H,2-3H2,1H3. The molecular formula is C7H10N2O. The van der Waals surface area contributed by atoms with Crippen molar-refractivity contribution >= 4 is 0 Å². The van der Waals surface area contributed by atoms with Gasteiger partial charge in [-0.15, -0.1) is 0 Å². The highest BCUT2D eigenvalue weighted by molar-refractivity contribution is 5.21. The Bertz CT molecular complexity index is 192. The summed E-state index contributed by atoms with van der Waals surface area (Å²) in [7, 11) is 1.77. The first kappa shape index (κ1) is 7.10. The van der Waals surface area contributed by atoms with E-state index in [1.165, 1.54) is 0 Å². The van der Waals surface area contributed by atoms with Gasteiger partial charge < -0.3 is 10.0 Å². The molecule has 1 heterocycles. The lowest BCUT2D eigenvalue weighted by Crippen LogP contribution is -2.29. The maximum absolute atomic E-state index is 9.16. The predicted octanol–water partition coefficient (Wildman–Crippen LogP) is 0.438. The van der Waals surface area contributed by atoms with Gasteiger partial charge in [0.1, 0.15) is 6.23 Å². The molecule has 10 heavy (non-hydrogen) atoms. The third kappa shape index (κ3) is 1.28. The van der Waals surface area contributed by atoms with Crippen LogP contribution in [0.3, 0.4) is 0 Å². The van der Waals surface area contributed by atoms with Crippen molar-refractivity contribution in [1.29, 1.82) is 5.26 Å². The molecule has 0 aliphatic carbocycles. The Kier molecular flexibility index (Phi) is 1.93. The van der Waals surface area contributed by atoms with Crippen LogP contribution in [-0.2, 0) is 0 Å². The third-order valence-electron chi connectivity index (χ3n) is 1.65. The van der Waals surface area contributed by atoms with E-state index < -0.39 is 6.23 Å². The van der Waals surface area contributed by atoms with Gasteiger partial charge in [0.25, 0.3) is 0 Å². The average Bonchev–Trinajstić information content (AvgIpc) is 1.95. The Morgan fingerprint density at radius 1 is 1.90 bits per heavy atom. The zero-order valence-corrected chi connectivity index (χ0v) is 5.91. The molecule has 0 aromatic carbocycles. The topological polar surface area (TPSA) is 47.3 Å². The summed E-state index contributed by atoms with van der Waals surface area (Å²) < 4.78 is 0. The first-order valence-electron chi connectivity index (χ1n) is 3.25. The van der Waals surface area contributed by atoms with Crippen LogP contribution in [0, 0.1) is 11.3 Å². The summed E-state index contributed by atoms with van der Waals surface area (Å²) in [4.78, 5) is 1.65. The average molecular weight is 138 g/mol. The van der Waals surface area contributed by atoms with E-state index in [1.807, 2.05) is 0 Å². The highest BCUT2D eigenvalue weighted by Crippen LogP contribution is 2.15. The highest BCUT2D eigenvalue weighted by atomic mass is 16.3. The molecule has 0 amide bonds. The fourth-order valence-electron chi connectivity index (χ4n) is 0.969. The number of aliphatic hydroxyl groups is 1. The molecule has 0 saturated carbocycles. The fourth-order valence-corrected chi connectivity index (χ4v) is 0.969. The second-order valence-corrected chi connectivity index (χ2v) is 2.45. The molecule has 3 heteroatoms. The van der Waals surface area contributed by atoms with Gasteiger partial charge in [-0.3, -0.25) is 0 Å². The highest BCUT2D eigenvalue weighted by Gasteiger charge is 2.14. The van der Waals surface area contributed by atoms with Crippen LogP contribution >= 0.6 is 0 Å². The van der Waals surface area contributed by atoms with E-state index in [2.05, 4.69) is 6.07 Å². The normalized spacial score (nSPS) is 25.5. The van der Waals surface area contributed by atoms with Gasteiger partial charge in [-0.2, -0.15) is 5.26 Å². The van der Waals surface area contributed by atoms with Crippen molar-refractivity contribution in [1.82, 2.24) is 4.90 Å². The summed E-state index contributed by atoms with van der Waals surface area (Å²) >= 11 is 0. The Labute approximate surface area is 60.2 Å². The van der Waals surface area contributed by atoms with Gasteiger partial charge in [0.15, 0.2) is 0 Å². The van der Waals surface area contributed by atoms with E-state index in [0.29, 0.717) is 12.8 Å². The molecule has 0 aromatic rings. The van der Waals surface area contributed by atoms with E-state index >= 15 is 0 Å². The number of aliphatic hydroxyl groups excluding tert-OH is 1. The minimum absolute atomic E-state index is 0.405. The number of allylic oxidation sites excluding steroid dienone is 1. The van der Waals surface area contributed by atoms with Crippen molar-refractivity contribution in [3.05, 3.63) is 11.8 Å². The van der Waals surface area contributed by atoms with Crippen LogP contribution in [0.2, 0.25) is 0 Å². The van der Waals surface area contributed by atoms with Gasteiger partial charge in [0.2, 0.25) is 0 Å². The summed E-state index contributed by atoms with van der Waals surface area (Å²) in [5, 5.41) is 17.6. The number of nitriles is 1. The van der Waals surface area contributed by atoms with Crippen LogP contribution in [0.1, 0.15) is 12.8 Å². The van der Waals surface area contributed by atoms with Crippen molar-refractivity contribution in [3.63, 3.8) is 0 Å². The molecule has 0 radical (unpaired) electrons. The molecule has 1 aliphatic rings. The largest absolute Gasteiger partial charge is 0.374 e. The van der Waals surface area contributed by atoms with Crippen LogP contribution in [0.15, 0.2) is 11.8 Å². The zero-order chi connectivity index (χ0) is 7.56. The summed E-state index contributed by atoms with van der Waals surface area (Å²) in [5.74, 6) is 0. The second kappa shape index (κ2) is 2.72. The predicted molar refractivity (Wildman–Crippen MR) is 36.7 cm³/mol. The van der Waals surface area contributed by atoms with Gasteiger partial charge >= 0.3 is 0 Å². The van der Waals surface area contributed by atoms with E-state index in [0.717, 1.165) is 5.57 Å². The molecule has 0 fully saturated rings. The molecule has 1 unspecified atom stereocenters.